The summed E-state index contributed by atoms with van der Waals surface area (Å²) in [7, 11) is 0. The lowest BCUT2D eigenvalue weighted by molar-refractivity contribution is 0.717. The van der Waals surface area contributed by atoms with Gasteiger partial charge >= 0.3 is 0 Å². The van der Waals surface area contributed by atoms with Gasteiger partial charge in [0.2, 0.25) is 0 Å². The molecule has 2 rings (SSSR count). The smallest absolute Gasteiger partial charge is 0.0697 e. The van der Waals surface area contributed by atoms with Crippen LogP contribution in [0.25, 0.3) is 5.69 Å². The molecule has 3 nitrogen and oxygen atoms in total. The SMILES string of the molecule is CC.CCCCCc1ccc(-n2ccnn2)cc1. The zero-order valence-electron chi connectivity index (χ0n) is 11.6. The largest absolute Gasteiger partial charge is 0.221 e. The van der Waals surface area contributed by atoms with Crippen LogP contribution in [0.1, 0.15) is 45.6 Å². The molecule has 1 aromatic carbocycles. The Labute approximate surface area is 110 Å². The first-order valence-corrected chi connectivity index (χ1v) is 6.86. The molecule has 3 heteroatoms. The fourth-order valence-corrected chi connectivity index (χ4v) is 1.74. The molecule has 0 aliphatic carbocycles. The number of aromatic nitrogens is 3. The van der Waals surface area contributed by atoms with E-state index >= 15 is 0 Å². The first-order valence-electron chi connectivity index (χ1n) is 6.86. The number of aryl methyl sites for hydroxylation is 1. The fourth-order valence-electron chi connectivity index (χ4n) is 1.74. The van der Waals surface area contributed by atoms with Crippen LogP contribution >= 0.6 is 0 Å². The molecular formula is C15H23N3. The Morgan fingerprint density at radius 3 is 2.33 bits per heavy atom. The Balaban J connectivity index is 0.000000771. The van der Waals surface area contributed by atoms with E-state index in [1.165, 1.54) is 31.2 Å². The molecule has 0 unspecified atom stereocenters. The van der Waals surface area contributed by atoms with Crippen LogP contribution < -0.4 is 0 Å². The molecule has 98 valence electrons. The Morgan fingerprint density at radius 2 is 1.78 bits per heavy atom. The summed E-state index contributed by atoms with van der Waals surface area (Å²) < 4.78 is 1.77. The van der Waals surface area contributed by atoms with Crippen molar-refractivity contribution in [3.8, 4) is 5.69 Å². The van der Waals surface area contributed by atoms with Crippen molar-refractivity contribution in [2.24, 2.45) is 0 Å². The second kappa shape index (κ2) is 8.45. The molecule has 1 aromatic heterocycles. The molecule has 0 bridgehead atoms. The summed E-state index contributed by atoms with van der Waals surface area (Å²) in [5.41, 5.74) is 2.47. The first-order chi connectivity index (χ1) is 8.90. The molecule has 0 amide bonds. The van der Waals surface area contributed by atoms with Gasteiger partial charge in [-0.15, -0.1) is 5.10 Å². The van der Waals surface area contributed by atoms with E-state index in [4.69, 9.17) is 0 Å². The van der Waals surface area contributed by atoms with Gasteiger partial charge in [0.1, 0.15) is 0 Å². The summed E-state index contributed by atoms with van der Waals surface area (Å²) in [6.45, 7) is 6.23. The zero-order valence-corrected chi connectivity index (χ0v) is 11.6. The Morgan fingerprint density at radius 1 is 1.06 bits per heavy atom. The van der Waals surface area contributed by atoms with Gasteiger partial charge in [-0.1, -0.05) is 51.0 Å². The van der Waals surface area contributed by atoms with E-state index in [2.05, 4.69) is 41.5 Å². The summed E-state index contributed by atoms with van der Waals surface area (Å²) in [5, 5.41) is 7.75. The van der Waals surface area contributed by atoms with Crippen LogP contribution in [0.2, 0.25) is 0 Å². The van der Waals surface area contributed by atoms with Crippen molar-refractivity contribution in [3.05, 3.63) is 42.2 Å². The minimum atomic E-state index is 1.07. The van der Waals surface area contributed by atoms with Crippen molar-refractivity contribution in [1.82, 2.24) is 15.0 Å². The van der Waals surface area contributed by atoms with Crippen molar-refractivity contribution < 1.29 is 0 Å². The van der Waals surface area contributed by atoms with E-state index in [9.17, 15) is 0 Å². The zero-order chi connectivity index (χ0) is 13.2. The van der Waals surface area contributed by atoms with E-state index in [1.54, 1.807) is 10.9 Å². The second-order valence-electron chi connectivity index (χ2n) is 3.97. The van der Waals surface area contributed by atoms with Gasteiger partial charge in [-0.05, 0) is 30.5 Å². The van der Waals surface area contributed by atoms with Gasteiger partial charge in [-0.25, -0.2) is 4.68 Å². The molecule has 0 saturated heterocycles. The monoisotopic (exact) mass is 245 g/mol. The Bertz CT molecular complexity index is 404. The van der Waals surface area contributed by atoms with Crippen LogP contribution in [0.4, 0.5) is 0 Å². The first kappa shape index (κ1) is 14.4. The molecule has 2 aromatic rings. The number of unbranched alkanes of at least 4 members (excludes halogenated alkanes) is 2. The minimum Gasteiger partial charge on any atom is -0.221 e. The average molecular weight is 245 g/mol. The standard InChI is InChI=1S/C13H17N3.C2H6/c1-2-3-4-5-12-6-8-13(9-7-12)16-11-10-14-15-16;1-2/h6-11H,2-5H2,1H3;1-2H3. The maximum atomic E-state index is 3.96. The lowest BCUT2D eigenvalue weighted by Gasteiger charge is -2.03. The lowest BCUT2D eigenvalue weighted by atomic mass is 10.1. The topological polar surface area (TPSA) is 30.7 Å². The van der Waals surface area contributed by atoms with Gasteiger partial charge in [0.15, 0.2) is 0 Å². The molecule has 0 radical (unpaired) electrons. The van der Waals surface area contributed by atoms with Gasteiger partial charge in [0, 0.05) is 0 Å². The molecule has 0 N–H and O–H groups in total. The van der Waals surface area contributed by atoms with Crippen LogP contribution in [0.5, 0.6) is 0 Å². The predicted octanol–water partition coefficient (Wildman–Crippen LogP) is 4.03. The van der Waals surface area contributed by atoms with Crippen molar-refractivity contribution in [2.75, 3.05) is 0 Å². The fraction of sp³-hybridized carbons (Fsp3) is 0.467. The highest BCUT2D eigenvalue weighted by atomic mass is 15.4. The molecule has 18 heavy (non-hydrogen) atoms. The van der Waals surface area contributed by atoms with Gasteiger partial charge in [-0.2, -0.15) is 0 Å². The maximum absolute atomic E-state index is 3.96. The Kier molecular flexibility index (Phi) is 6.77. The molecule has 1 heterocycles. The Hall–Kier alpha value is -1.64. The highest BCUT2D eigenvalue weighted by Crippen LogP contribution is 2.11. The summed E-state index contributed by atoms with van der Waals surface area (Å²) in [5.74, 6) is 0. The quantitative estimate of drug-likeness (QED) is 0.745. The molecule has 0 atom stereocenters. The number of nitrogens with zero attached hydrogens (tertiary/aromatic N) is 3. The van der Waals surface area contributed by atoms with E-state index in [-0.39, 0.29) is 0 Å². The average Bonchev–Trinajstić information content (AvgIpc) is 2.96. The van der Waals surface area contributed by atoms with Crippen LogP contribution in [-0.4, -0.2) is 15.0 Å². The van der Waals surface area contributed by atoms with E-state index < -0.39 is 0 Å². The van der Waals surface area contributed by atoms with E-state index in [0.717, 1.165) is 5.69 Å². The van der Waals surface area contributed by atoms with Gasteiger partial charge in [0.05, 0.1) is 18.1 Å². The van der Waals surface area contributed by atoms with Crippen LogP contribution in [0.3, 0.4) is 0 Å². The van der Waals surface area contributed by atoms with Gasteiger partial charge in [0.25, 0.3) is 0 Å². The number of rotatable bonds is 5. The molecule has 0 fully saturated rings. The predicted molar refractivity (Wildman–Crippen MR) is 75.9 cm³/mol. The van der Waals surface area contributed by atoms with Crippen LogP contribution in [-0.2, 0) is 6.42 Å². The molecule has 0 aliphatic rings. The van der Waals surface area contributed by atoms with Crippen molar-refractivity contribution in [2.45, 2.75) is 46.5 Å². The summed E-state index contributed by atoms with van der Waals surface area (Å²) >= 11 is 0. The normalized spacial score (nSPS) is 9.72. The highest BCUT2D eigenvalue weighted by Gasteiger charge is 1.97. The maximum Gasteiger partial charge on any atom is 0.0697 e. The van der Waals surface area contributed by atoms with Crippen LogP contribution in [0.15, 0.2) is 36.7 Å². The number of hydrogen-bond donors (Lipinski definition) is 0. The van der Waals surface area contributed by atoms with Crippen molar-refractivity contribution in [1.29, 1.82) is 0 Å². The van der Waals surface area contributed by atoms with E-state index in [0.29, 0.717) is 0 Å². The minimum absolute atomic E-state index is 1.07. The van der Waals surface area contributed by atoms with Gasteiger partial charge < -0.3 is 0 Å². The lowest BCUT2D eigenvalue weighted by Crippen LogP contribution is -1.95. The summed E-state index contributed by atoms with van der Waals surface area (Å²) in [6, 6.07) is 8.53. The molecule has 0 spiro atoms. The van der Waals surface area contributed by atoms with Crippen LogP contribution in [0, 0.1) is 0 Å². The molecular weight excluding hydrogens is 222 g/mol. The highest BCUT2D eigenvalue weighted by molar-refractivity contribution is 5.33. The third kappa shape index (κ3) is 4.32. The van der Waals surface area contributed by atoms with Crippen molar-refractivity contribution in [3.63, 3.8) is 0 Å². The number of hydrogen-bond acceptors (Lipinski definition) is 2. The van der Waals surface area contributed by atoms with Gasteiger partial charge in [-0.3, -0.25) is 0 Å². The second-order valence-corrected chi connectivity index (χ2v) is 3.97. The third-order valence-electron chi connectivity index (χ3n) is 2.69. The molecule has 0 aliphatic heterocycles. The summed E-state index contributed by atoms with van der Waals surface area (Å²) in [4.78, 5) is 0. The molecule has 0 saturated carbocycles. The summed E-state index contributed by atoms with van der Waals surface area (Å²) in [6.07, 6.45) is 8.58. The third-order valence-corrected chi connectivity index (χ3v) is 2.69. The number of benzene rings is 1. The van der Waals surface area contributed by atoms with E-state index in [1.807, 2.05) is 20.0 Å². The van der Waals surface area contributed by atoms with Crippen molar-refractivity contribution >= 4 is 0 Å².